The Kier molecular flexibility index (Phi) is 3.28. The number of hydrogen-bond acceptors (Lipinski definition) is 5. The number of aromatic nitrogens is 1. The van der Waals surface area contributed by atoms with E-state index in [1.165, 1.54) is 0 Å². The van der Waals surface area contributed by atoms with Crippen LogP contribution < -0.4 is 15.6 Å². The van der Waals surface area contributed by atoms with Crippen molar-refractivity contribution >= 4 is 17.4 Å². The number of hydrazine groups is 1. The summed E-state index contributed by atoms with van der Waals surface area (Å²) in [7, 11) is 0. The van der Waals surface area contributed by atoms with Crippen LogP contribution in [0.4, 0.5) is 5.69 Å². The number of amides is 1. The van der Waals surface area contributed by atoms with Crippen LogP contribution in [-0.4, -0.2) is 23.3 Å². The van der Waals surface area contributed by atoms with Gasteiger partial charge < -0.3 is 4.74 Å². The third-order valence-electron chi connectivity index (χ3n) is 2.75. The number of para-hydroxylation sites is 2. The van der Waals surface area contributed by atoms with Crippen LogP contribution in [0.5, 0.6) is 5.75 Å². The van der Waals surface area contributed by atoms with Crippen molar-refractivity contribution in [3.05, 3.63) is 54.4 Å². The van der Waals surface area contributed by atoms with E-state index < -0.39 is 0 Å². The first-order valence-corrected chi connectivity index (χ1v) is 6.09. The number of benzene rings is 1. The Bertz CT molecular complexity index is 655. The van der Waals surface area contributed by atoms with Gasteiger partial charge in [-0.1, -0.05) is 12.1 Å². The minimum absolute atomic E-state index is 0.256. The van der Waals surface area contributed by atoms with Crippen molar-refractivity contribution in [1.82, 2.24) is 15.8 Å². The van der Waals surface area contributed by atoms with Gasteiger partial charge in [-0.2, -0.15) is 0 Å². The van der Waals surface area contributed by atoms with Gasteiger partial charge in [0.05, 0.1) is 0 Å². The number of ether oxygens (including phenoxy) is 1. The highest BCUT2D eigenvalue weighted by molar-refractivity contribution is 5.96. The molecular formula is C14H12N4O2. The van der Waals surface area contributed by atoms with Gasteiger partial charge in [-0.25, -0.2) is 4.99 Å². The number of nitrogens with one attached hydrogen (secondary N) is 2. The highest BCUT2D eigenvalue weighted by atomic mass is 16.5. The van der Waals surface area contributed by atoms with Crippen molar-refractivity contribution in [3.63, 3.8) is 0 Å². The van der Waals surface area contributed by atoms with Crippen LogP contribution in [0.2, 0.25) is 0 Å². The Labute approximate surface area is 115 Å². The number of pyridine rings is 1. The molecule has 0 atom stereocenters. The van der Waals surface area contributed by atoms with Crippen LogP contribution in [0, 0.1) is 0 Å². The minimum atomic E-state index is -0.256. The first-order chi connectivity index (χ1) is 9.83. The molecule has 3 rings (SSSR count). The van der Waals surface area contributed by atoms with Crippen LogP contribution in [0.15, 0.2) is 53.8 Å². The van der Waals surface area contributed by atoms with Crippen LogP contribution in [-0.2, 0) is 0 Å². The predicted molar refractivity (Wildman–Crippen MR) is 73.9 cm³/mol. The lowest BCUT2D eigenvalue weighted by Gasteiger charge is -2.18. The summed E-state index contributed by atoms with van der Waals surface area (Å²) in [5.74, 6) is 1.03. The van der Waals surface area contributed by atoms with E-state index in [2.05, 4.69) is 20.8 Å². The molecule has 20 heavy (non-hydrogen) atoms. The van der Waals surface area contributed by atoms with Crippen LogP contribution in [0.3, 0.4) is 0 Å². The number of fused-ring (bicyclic) bond motifs is 1. The van der Waals surface area contributed by atoms with E-state index in [9.17, 15) is 4.79 Å². The first kappa shape index (κ1) is 12.2. The molecular weight excluding hydrogens is 256 g/mol. The average molecular weight is 268 g/mol. The van der Waals surface area contributed by atoms with Crippen molar-refractivity contribution < 1.29 is 9.53 Å². The Morgan fingerprint density at radius 2 is 1.95 bits per heavy atom. The van der Waals surface area contributed by atoms with E-state index in [1.807, 2.05) is 24.3 Å². The molecule has 2 aromatic rings. The molecule has 0 bridgehead atoms. The molecule has 0 aliphatic carbocycles. The lowest BCUT2D eigenvalue weighted by Crippen LogP contribution is -2.44. The lowest BCUT2D eigenvalue weighted by molar-refractivity contribution is 0.0943. The maximum Gasteiger partial charge on any atom is 0.269 e. The zero-order chi connectivity index (χ0) is 13.8. The maximum absolute atomic E-state index is 11.8. The number of aliphatic imine (C=N–C) groups is 1. The monoisotopic (exact) mass is 268 g/mol. The molecule has 1 aromatic heterocycles. The van der Waals surface area contributed by atoms with Crippen molar-refractivity contribution in [1.29, 1.82) is 0 Å². The van der Waals surface area contributed by atoms with Crippen LogP contribution in [0.1, 0.15) is 10.4 Å². The van der Waals surface area contributed by atoms with Gasteiger partial charge in [-0.15, -0.1) is 0 Å². The fraction of sp³-hybridized carbons (Fsp3) is 0.0714. The highest BCUT2D eigenvalue weighted by Gasteiger charge is 2.13. The summed E-state index contributed by atoms with van der Waals surface area (Å²) in [5.41, 5.74) is 6.59. The molecule has 100 valence electrons. The van der Waals surface area contributed by atoms with Gasteiger partial charge >= 0.3 is 0 Å². The number of hydrogen-bond donors (Lipinski definition) is 2. The highest BCUT2D eigenvalue weighted by Crippen LogP contribution is 2.29. The van der Waals surface area contributed by atoms with Crippen molar-refractivity contribution in [3.8, 4) is 5.75 Å². The molecule has 0 unspecified atom stereocenters. The molecule has 2 heterocycles. The maximum atomic E-state index is 11.8. The molecule has 6 nitrogen and oxygen atoms in total. The standard InChI is InChI=1S/C14H12N4O2/c19-14(10-5-7-15-8-6-10)18-17-13-9-20-12-4-2-1-3-11(12)16-13/h1-8H,9H2,(H,16,17)(H,18,19). The van der Waals surface area contributed by atoms with Gasteiger partial charge in [0.1, 0.15) is 18.0 Å². The van der Waals surface area contributed by atoms with Gasteiger partial charge in [-0.05, 0) is 24.3 Å². The van der Waals surface area contributed by atoms with E-state index in [0.29, 0.717) is 11.4 Å². The summed E-state index contributed by atoms with van der Waals surface area (Å²) in [6.07, 6.45) is 3.12. The largest absolute Gasteiger partial charge is 0.483 e. The molecule has 6 heteroatoms. The second kappa shape index (κ2) is 5.40. The molecule has 1 aromatic carbocycles. The molecule has 0 fully saturated rings. The summed E-state index contributed by atoms with van der Waals surface area (Å²) in [4.78, 5) is 20.1. The summed E-state index contributed by atoms with van der Waals surface area (Å²) in [5, 5.41) is 0. The Hall–Kier alpha value is -2.89. The van der Waals surface area contributed by atoms with Crippen LogP contribution in [0.25, 0.3) is 0 Å². The van der Waals surface area contributed by atoms with Crippen LogP contribution >= 0.6 is 0 Å². The Morgan fingerprint density at radius 3 is 2.80 bits per heavy atom. The molecule has 2 N–H and O–H groups in total. The zero-order valence-corrected chi connectivity index (χ0v) is 10.5. The van der Waals surface area contributed by atoms with Gasteiger partial charge in [0.15, 0.2) is 5.84 Å². The first-order valence-electron chi connectivity index (χ1n) is 6.09. The smallest absolute Gasteiger partial charge is 0.269 e. The number of nitrogens with zero attached hydrogens (tertiary/aromatic N) is 2. The van der Waals surface area contributed by atoms with E-state index in [1.54, 1.807) is 24.5 Å². The third kappa shape index (κ3) is 2.59. The second-order valence-electron chi connectivity index (χ2n) is 4.13. The van der Waals surface area contributed by atoms with Crippen molar-refractivity contribution in [2.24, 2.45) is 4.99 Å². The Morgan fingerprint density at radius 1 is 1.15 bits per heavy atom. The summed E-state index contributed by atoms with van der Waals surface area (Å²) in [6.45, 7) is 0.285. The number of carbonyl (C=O) groups is 1. The minimum Gasteiger partial charge on any atom is -0.483 e. The normalized spacial score (nSPS) is 12.7. The number of amidine groups is 1. The fourth-order valence-electron chi connectivity index (χ4n) is 1.76. The summed E-state index contributed by atoms with van der Waals surface area (Å²) < 4.78 is 5.52. The van der Waals surface area contributed by atoms with Gasteiger partial charge in [0.2, 0.25) is 0 Å². The van der Waals surface area contributed by atoms with Gasteiger partial charge in [0.25, 0.3) is 5.91 Å². The molecule has 0 spiro atoms. The second-order valence-corrected chi connectivity index (χ2v) is 4.13. The summed E-state index contributed by atoms with van der Waals surface area (Å²) >= 11 is 0. The quantitative estimate of drug-likeness (QED) is 0.767. The van der Waals surface area contributed by atoms with Gasteiger partial charge in [-0.3, -0.25) is 20.6 Å². The number of carbonyl (C=O) groups excluding carboxylic acids is 1. The zero-order valence-electron chi connectivity index (χ0n) is 10.5. The summed E-state index contributed by atoms with van der Waals surface area (Å²) in [6, 6.07) is 10.7. The van der Waals surface area contributed by atoms with E-state index in [0.717, 1.165) is 11.4 Å². The molecule has 0 radical (unpaired) electrons. The predicted octanol–water partition coefficient (Wildman–Crippen LogP) is 1.44. The van der Waals surface area contributed by atoms with Gasteiger partial charge in [0, 0.05) is 18.0 Å². The molecule has 1 aliphatic rings. The fourth-order valence-corrected chi connectivity index (χ4v) is 1.76. The number of rotatable bonds is 1. The topological polar surface area (TPSA) is 75.6 Å². The molecule has 1 amide bonds. The molecule has 0 saturated carbocycles. The van der Waals surface area contributed by atoms with Crippen molar-refractivity contribution in [2.45, 2.75) is 0 Å². The van der Waals surface area contributed by atoms with E-state index in [-0.39, 0.29) is 12.5 Å². The SMILES string of the molecule is O=C(NNC1=Nc2ccccc2OC1)c1ccncc1. The van der Waals surface area contributed by atoms with Crippen molar-refractivity contribution in [2.75, 3.05) is 6.61 Å². The average Bonchev–Trinajstić information content (AvgIpc) is 2.53. The Balaban J connectivity index is 1.65. The van der Waals surface area contributed by atoms with E-state index in [4.69, 9.17) is 4.74 Å². The van der Waals surface area contributed by atoms with E-state index >= 15 is 0 Å². The molecule has 1 aliphatic heterocycles. The third-order valence-corrected chi connectivity index (χ3v) is 2.75. The molecule has 0 saturated heterocycles. The lowest BCUT2D eigenvalue weighted by atomic mass is 10.2.